The molecule has 1 aliphatic heterocycles. The van der Waals surface area contributed by atoms with E-state index in [1.54, 1.807) is 37.3 Å². The van der Waals surface area contributed by atoms with Gasteiger partial charge in [0.15, 0.2) is 0 Å². The molecule has 2 atom stereocenters. The van der Waals surface area contributed by atoms with E-state index in [1.807, 2.05) is 0 Å². The summed E-state index contributed by atoms with van der Waals surface area (Å²) in [5.74, 6) is -3.05. The van der Waals surface area contributed by atoms with E-state index in [0.29, 0.717) is 5.56 Å². The van der Waals surface area contributed by atoms with Gasteiger partial charge in [-0.3, -0.25) is 25.0 Å². The average Bonchev–Trinajstić information content (AvgIpc) is 2.54. The number of esters is 1. The van der Waals surface area contributed by atoms with E-state index >= 15 is 0 Å². The lowest BCUT2D eigenvalue weighted by molar-refractivity contribution is -0.146. The van der Waals surface area contributed by atoms with Gasteiger partial charge in [-0.15, -0.1) is 0 Å². The van der Waals surface area contributed by atoms with Gasteiger partial charge < -0.3 is 9.47 Å². The molecular weight excluding hydrogens is 314 g/mol. The monoisotopic (exact) mass is 329 g/mol. The molecule has 0 bridgehead atoms. The first-order chi connectivity index (χ1) is 11.5. The second kappa shape index (κ2) is 6.15. The number of aromatic nitrogens is 2. The van der Waals surface area contributed by atoms with Crippen molar-refractivity contribution in [2.24, 2.45) is 5.92 Å². The van der Waals surface area contributed by atoms with Crippen LogP contribution in [0, 0.1) is 11.3 Å². The highest BCUT2D eigenvalue weighted by atomic mass is 16.5. The lowest BCUT2D eigenvalue weighted by Gasteiger charge is -2.31. The molecule has 2 unspecified atom stereocenters. The molecule has 2 aromatic rings. The third-order valence-electron chi connectivity index (χ3n) is 3.78. The zero-order valence-electron chi connectivity index (χ0n) is 12.8. The van der Waals surface area contributed by atoms with Gasteiger partial charge in [0.2, 0.25) is 11.8 Å². The van der Waals surface area contributed by atoms with E-state index in [-0.39, 0.29) is 23.9 Å². The minimum absolute atomic E-state index is 0.0925. The highest BCUT2D eigenvalue weighted by molar-refractivity contribution is 6.00. The lowest BCUT2D eigenvalue weighted by atomic mass is 9.79. The zero-order chi connectivity index (χ0) is 17.3. The Labute approximate surface area is 136 Å². The third-order valence-corrected chi connectivity index (χ3v) is 3.78. The van der Waals surface area contributed by atoms with Crippen molar-refractivity contribution in [2.45, 2.75) is 12.8 Å². The Hall–Kier alpha value is -3.16. The highest BCUT2D eigenvalue weighted by Crippen LogP contribution is 2.39. The van der Waals surface area contributed by atoms with Crippen molar-refractivity contribution in [3.05, 3.63) is 62.3 Å². The molecule has 1 aliphatic rings. The molecule has 24 heavy (non-hydrogen) atoms. The fourth-order valence-corrected chi connectivity index (χ4v) is 2.82. The summed E-state index contributed by atoms with van der Waals surface area (Å²) < 4.78 is 10.3. The van der Waals surface area contributed by atoms with Crippen molar-refractivity contribution in [2.75, 3.05) is 6.61 Å². The first-order valence-corrected chi connectivity index (χ1v) is 7.37. The van der Waals surface area contributed by atoms with Crippen LogP contribution in [0.1, 0.15) is 24.0 Å². The van der Waals surface area contributed by atoms with Gasteiger partial charge in [0.05, 0.1) is 12.2 Å². The molecule has 0 amide bonds. The fourth-order valence-electron chi connectivity index (χ4n) is 2.82. The maximum absolute atomic E-state index is 12.4. The number of hydrogen-bond acceptors (Lipinski definition) is 6. The second-order valence-electron chi connectivity index (χ2n) is 5.24. The molecule has 3 rings (SSSR count). The fraction of sp³-hybridized carbons (Fsp3) is 0.250. The molecule has 0 fully saturated rings. The third kappa shape index (κ3) is 2.62. The van der Waals surface area contributed by atoms with Crippen LogP contribution in [0.15, 0.2) is 39.9 Å². The second-order valence-corrected chi connectivity index (χ2v) is 5.24. The van der Waals surface area contributed by atoms with Crippen molar-refractivity contribution >= 4 is 11.9 Å². The molecule has 8 nitrogen and oxygen atoms in total. The SMILES string of the molecule is CCOC(=O)C1C(=N)Oc2[nH]c(=O)[nH]c(=O)c2C1c1ccccc1. The Kier molecular flexibility index (Phi) is 4.03. The van der Waals surface area contributed by atoms with Crippen molar-refractivity contribution in [1.82, 2.24) is 9.97 Å². The summed E-state index contributed by atoms with van der Waals surface area (Å²) >= 11 is 0. The van der Waals surface area contributed by atoms with Crippen LogP contribution in [0.5, 0.6) is 5.88 Å². The van der Waals surface area contributed by atoms with Gasteiger partial charge in [-0.05, 0) is 12.5 Å². The van der Waals surface area contributed by atoms with E-state index in [1.165, 1.54) is 0 Å². The van der Waals surface area contributed by atoms with E-state index in [0.717, 1.165) is 0 Å². The molecule has 1 aromatic carbocycles. The quantitative estimate of drug-likeness (QED) is 0.716. The summed E-state index contributed by atoms with van der Waals surface area (Å²) in [6.07, 6.45) is 0. The van der Waals surface area contributed by atoms with E-state index in [2.05, 4.69) is 9.97 Å². The first kappa shape index (κ1) is 15.7. The minimum atomic E-state index is -1.10. The van der Waals surface area contributed by atoms with Gasteiger partial charge in [-0.25, -0.2) is 4.79 Å². The summed E-state index contributed by atoms with van der Waals surface area (Å²) in [7, 11) is 0. The van der Waals surface area contributed by atoms with Gasteiger partial charge in [0.25, 0.3) is 5.56 Å². The number of nitrogens with one attached hydrogen (secondary N) is 3. The van der Waals surface area contributed by atoms with Gasteiger partial charge in [0.1, 0.15) is 5.92 Å². The molecule has 8 heteroatoms. The van der Waals surface area contributed by atoms with Crippen LogP contribution in [0.2, 0.25) is 0 Å². The van der Waals surface area contributed by atoms with Crippen LogP contribution < -0.4 is 16.0 Å². The largest absolute Gasteiger partial charge is 0.465 e. The molecule has 0 saturated carbocycles. The number of benzene rings is 1. The van der Waals surface area contributed by atoms with Crippen molar-refractivity contribution in [3.8, 4) is 5.88 Å². The van der Waals surface area contributed by atoms with Crippen LogP contribution >= 0.6 is 0 Å². The summed E-state index contributed by atoms with van der Waals surface area (Å²) in [5, 5.41) is 8.05. The maximum Gasteiger partial charge on any atom is 0.328 e. The summed E-state index contributed by atoms with van der Waals surface area (Å²) in [6, 6.07) is 8.80. The van der Waals surface area contributed by atoms with Gasteiger partial charge in [-0.1, -0.05) is 30.3 Å². The molecule has 0 radical (unpaired) electrons. The van der Waals surface area contributed by atoms with Gasteiger partial charge in [0, 0.05) is 5.92 Å². The molecule has 0 aliphatic carbocycles. The summed E-state index contributed by atoms with van der Waals surface area (Å²) in [4.78, 5) is 40.7. The first-order valence-electron chi connectivity index (χ1n) is 7.37. The molecule has 0 spiro atoms. The van der Waals surface area contributed by atoms with Crippen LogP contribution in [0.25, 0.3) is 0 Å². The van der Waals surface area contributed by atoms with Gasteiger partial charge in [-0.2, -0.15) is 0 Å². The van der Waals surface area contributed by atoms with E-state index in [4.69, 9.17) is 14.9 Å². The number of carbonyl (C=O) groups is 1. The normalized spacial score (nSPS) is 19.3. The predicted octanol–water partition coefficient (Wildman–Crippen LogP) is 0.744. The predicted molar refractivity (Wildman–Crippen MR) is 84.4 cm³/mol. The van der Waals surface area contributed by atoms with Crippen LogP contribution in [-0.4, -0.2) is 28.4 Å². The Morgan fingerprint density at radius 1 is 1.25 bits per heavy atom. The standard InChI is InChI=1S/C16H15N3O5/c1-2-23-15(21)10-9(8-6-4-3-5-7-8)11-13(20)18-16(22)19-14(11)24-12(10)17/h3-7,9-10,17H,2H2,1H3,(H2,18,19,20,22). The molecule has 3 N–H and O–H groups in total. The highest BCUT2D eigenvalue weighted by Gasteiger charge is 2.44. The summed E-state index contributed by atoms with van der Waals surface area (Å²) in [6.45, 7) is 1.79. The number of hydrogen-bond donors (Lipinski definition) is 3. The molecule has 2 heterocycles. The Morgan fingerprint density at radius 2 is 1.96 bits per heavy atom. The smallest absolute Gasteiger partial charge is 0.328 e. The number of carbonyl (C=O) groups excluding carboxylic acids is 1. The Bertz CT molecular complexity index is 900. The van der Waals surface area contributed by atoms with E-state index < -0.39 is 29.1 Å². The molecular formula is C16H15N3O5. The van der Waals surface area contributed by atoms with E-state index in [9.17, 15) is 14.4 Å². The molecule has 124 valence electrons. The van der Waals surface area contributed by atoms with Gasteiger partial charge >= 0.3 is 11.7 Å². The minimum Gasteiger partial charge on any atom is -0.465 e. The molecule has 0 saturated heterocycles. The van der Waals surface area contributed by atoms with Crippen LogP contribution in [-0.2, 0) is 9.53 Å². The zero-order valence-corrected chi connectivity index (χ0v) is 12.8. The topological polar surface area (TPSA) is 125 Å². The number of aromatic amines is 2. The number of rotatable bonds is 3. The van der Waals surface area contributed by atoms with Crippen LogP contribution in [0.3, 0.4) is 0 Å². The number of ether oxygens (including phenoxy) is 2. The van der Waals surface area contributed by atoms with Crippen molar-refractivity contribution < 1.29 is 14.3 Å². The average molecular weight is 329 g/mol. The Morgan fingerprint density at radius 3 is 2.62 bits per heavy atom. The number of fused-ring (bicyclic) bond motifs is 1. The lowest BCUT2D eigenvalue weighted by Crippen LogP contribution is -2.43. The maximum atomic E-state index is 12.4. The van der Waals surface area contributed by atoms with Crippen LogP contribution in [0.4, 0.5) is 0 Å². The van der Waals surface area contributed by atoms with Crippen molar-refractivity contribution in [3.63, 3.8) is 0 Å². The number of H-pyrrole nitrogens is 2. The molecule has 1 aromatic heterocycles. The van der Waals surface area contributed by atoms with Crippen molar-refractivity contribution in [1.29, 1.82) is 5.41 Å². The summed E-state index contributed by atoms with van der Waals surface area (Å²) in [5.41, 5.74) is -0.672. The Balaban J connectivity index is 2.24.